The second-order valence-corrected chi connectivity index (χ2v) is 5.55. The zero-order valence-corrected chi connectivity index (χ0v) is 12.6. The molecule has 0 radical (unpaired) electrons. The first kappa shape index (κ1) is 13.5. The molecule has 4 aromatic carbocycles. The first-order valence-electron chi connectivity index (χ1n) is 7.62. The highest BCUT2D eigenvalue weighted by molar-refractivity contribution is 6.13. The molecular weight excluding hydrogens is 280 g/mol. The number of nitrogen functional groups attached to an aromatic ring is 1. The van der Waals surface area contributed by atoms with Crippen molar-refractivity contribution in [3.8, 4) is 0 Å². The zero-order valence-electron chi connectivity index (χ0n) is 12.6. The molecule has 0 aliphatic heterocycles. The Bertz CT molecular complexity index is 978. The van der Waals surface area contributed by atoms with Crippen LogP contribution in [0.15, 0.2) is 83.9 Å². The van der Waals surface area contributed by atoms with Gasteiger partial charge in [-0.25, -0.2) is 0 Å². The molecule has 2 heteroatoms. The van der Waals surface area contributed by atoms with E-state index in [1.54, 1.807) is 0 Å². The van der Waals surface area contributed by atoms with Crippen molar-refractivity contribution in [3.05, 3.63) is 84.4 Å². The highest BCUT2D eigenvalue weighted by Crippen LogP contribution is 2.28. The lowest BCUT2D eigenvalue weighted by atomic mass is 9.97. The molecule has 0 aliphatic carbocycles. The number of benzene rings is 4. The van der Waals surface area contributed by atoms with E-state index in [-0.39, 0.29) is 0 Å². The lowest BCUT2D eigenvalue weighted by molar-refractivity contribution is 1.53. The number of rotatable bonds is 2. The fraction of sp³-hybridized carbons (Fsp3) is 0. The molecule has 4 aromatic rings. The number of hydrogen-bond acceptors (Lipinski definition) is 2. The van der Waals surface area contributed by atoms with Crippen molar-refractivity contribution in [2.75, 3.05) is 5.73 Å². The van der Waals surface area contributed by atoms with Crippen LogP contribution in [-0.2, 0) is 0 Å². The van der Waals surface area contributed by atoms with E-state index in [4.69, 9.17) is 5.73 Å². The average molecular weight is 296 g/mol. The molecule has 0 spiro atoms. The van der Waals surface area contributed by atoms with Crippen molar-refractivity contribution in [2.45, 2.75) is 0 Å². The summed E-state index contributed by atoms with van der Waals surface area (Å²) in [4.78, 5) is 4.63. The van der Waals surface area contributed by atoms with E-state index < -0.39 is 0 Å². The van der Waals surface area contributed by atoms with Crippen LogP contribution in [0, 0.1) is 0 Å². The number of fused-ring (bicyclic) bond motifs is 2. The van der Waals surface area contributed by atoms with Crippen LogP contribution in [0.4, 0.5) is 11.4 Å². The van der Waals surface area contributed by atoms with Crippen LogP contribution in [0.2, 0.25) is 0 Å². The molecule has 0 atom stereocenters. The van der Waals surface area contributed by atoms with E-state index in [9.17, 15) is 0 Å². The fourth-order valence-electron chi connectivity index (χ4n) is 2.93. The van der Waals surface area contributed by atoms with Gasteiger partial charge in [0.05, 0.1) is 11.4 Å². The third kappa shape index (κ3) is 2.44. The molecular formula is C21H16N2. The van der Waals surface area contributed by atoms with E-state index in [0.29, 0.717) is 5.69 Å². The SMILES string of the molecule is Nc1ccccc1N=Cc1c2ccccc2cc2ccccc12. The third-order valence-corrected chi connectivity index (χ3v) is 4.08. The summed E-state index contributed by atoms with van der Waals surface area (Å²) in [6, 6.07) is 26.7. The summed E-state index contributed by atoms with van der Waals surface area (Å²) in [5.74, 6) is 0. The molecule has 0 saturated heterocycles. The number of nitrogens with zero attached hydrogens (tertiary/aromatic N) is 1. The van der Waals surface area contributed by atoms with Crippen LogP contribution >= 0.6 is 0 Å². The Morgan fingerprint density at radius 2 is 1.26 bits per heavy atom. The second-order valence-electron chi connectivity index (χ2n) is 5.55. The van der Waals surface area contributed by atoms with Crippen LogP contribution in [0.3, 0.4) is 0 Å². The first-order valence-corrected chi connectivity index (χ1v) is 7.62. The normalized spacial score (nSPS) is 11.5. The topological polar surface area (TPSA) is 38.4 Å². The molecule has 0 fully saturated rings. The predicted molar refractivity (Wildman–Crippen MR) is 99.6 cm³/mol. The maximum absolute atomic E-state index is 6.00. The minimum atomic E-state index is 0.688. The Morgan fingerprint density at radius 1 is 0.696 bits per heavy atom. The van der Waals surface area contributed by atoms with Gasteiger partial charge in [-0.1, -0.05) is 60.7 Å². The summed E-state index contributed by atoms with van der Waals surface area (Å²) in [5, 5.41) is 4.83. The van der Waals surface area contributed by atoms with Crippen LogP contribution in [0.1, 0.15) is 5.56 Å². The number of para-hydroxylation sites is 2. The van der Waals surface area contributed by atoms with Gasteiger partial charge in [0, 0.05) is 11.8 Å². The van der Waals surface area contributed by atoms with Gasteiger partial charge in [0.15, 0.2) is 0 Å². The minimum Gasteiger partial charge on any atom is -0.397 e. The molecule has 2 nitrogen and oxygen atoms in total. The average Bonchev–Trinajstić information content (AvgIpc) is 2.60. The third-order valence-electron chi connectivity index (χ3n) is 4.08. The minimum absolute atomic E-state index is 0.688. The largest absolute Gasteiger partial charge is 0.397 e. The van der Waals surface area contributed by atoms with Gasteiger partial charge >= 0.3 is 0 Å². The summed E-state index contributed by atoms with van der Waals surface area (Å²) >= 11 is 0. The van der Waals surface area contributed by atoms with E-state index in [0.717, 1.165) is 11.3 Å². The van der Waals surface area contributed by atoms with Crippen LogP contribution < -0.4 is 5.73 Å². The van der Waals surface area contributed by atoms with Crippen molar-refractivity contribution in [1.29, 1.82) is 0 Å². The molecule has 4 rings (SSSR count). The monoisotopic (exact) mass is 296 g/mol. The Kier molecular flexibility index (Phi) is 3.28. The Morgan fingerprint density at radius 3 is 1.91 bits per heavy atom. The van der Waals surface area contributed by atoms with E-state index >= 15 is 0 Å². The Balaban J connectivity index is 1.98. The summed E-state index contributed by atoms with van der Waals surface area (Å²) in [7, 11) is 0. The summed E-state index contributed by atoms with van der Waals surface area (Å²) in [6.07, 6.45) is 1.93. The van der Waals surface area contributed by atoms with Crippen LogP contribution in [0.5, 0.6) is 0 Å². The lowest BCUT2D eigenvalue weighted by Crippen LogP contribution is -1.89. The molecule has 0 unspecified atom stereocenters. The van der Waals surface area contributed by atoms with Crippen molar-refractivity contribution in [2.24, 2.45) is 4.99 Å². The number of nitrogens with two attached hydrogens (primary N) is 1. The predicted octanol–water partition coefficient (Wildman–Crippen LogP) is 5.33. The quantitative estimate of drug-likeness (QED) is 0.303. The first-order chi connectivity index (χ1) is 11.3. The van der Waals surface area contributed by atoms with Crippen molar-refractivity contribution >= 4 is 39.1 Å². The van der Waals surface area contributed by atoms with Gasteiger partial charge in [-0.2, -0.15) is 0 Å². The standard InChI is InChI=1S/C21H16N2/c22-20-11-5-6-12-21(20)23-14-19-17-9-3-1-7-15(17)13-16-8-2-4-10-18(16)19/h1-14H,22H2. The van der Waals surface area contributed by atoms with E-state index in [1.807, 2.05) is 30.5 Å². The van der Waals surface area contributed by atoms with Gasteiger partial charge in [0.1, 0.15) is 0 Å². The molecule has 0 aromatic heterocycles. The molecule has 110 valence electrons. The van der Waals surface area contributed by atoms with Crippen LogP contribution in [0.25, 0.3) is 21.5 Å². The van der Waals surface area contributed by atoms with Crippen molar-refractivity contribution < 1.29 is 0 Å². The molecule has 0 amide bonds. The second kappa shape index (κ2) is 5.58. The zero-order chi connectivity index (χ0) is 15.6. The van der Waals surface area contributed by atoms with Crippen LogP contribution in [-0.4, -0.2) is 6.21 Å². The van der Waals surface area contributed by atoms with E-state index in [1.165, 1.54) is 21.5 Å². The number of anilines is 1. The molecule has 2 N–H and O–H groups in total. The highest BCUT2D eigenvalue weighted by Gasteiger charge is 2.05. The Labute approximate surface area is 134 Å². The summed E-state index contributed by atoms with van der Waals surface area (Å²) < 4.78 is 0. The van der Waals surface area contributed by atoms with Gasteiger partial charge in [-0.15, -0.1) is 0 Å². The van der Waals surface area contributed by atoms with Crippen molar-refractivity contribution in [3.63, 3.8) is 0 Å². The molecule has 23 heavy (non-hydrogen) atoms. The maximum Gasteiger partial charge on any atom is 0.0859 e. The molecule has 0 saturated carbocycles. The number of hydrogen-bond donors (Lipinski definition) is 1. The summed E-state index contributed by atoms with van der Waals surface area (Å²) in [6.45, 7) is 0. The molecule has 0 bridgehead atoms. The molecule has 0 aliphatic rings. The van der Waals surface area contributed by atoms with Gasteiger partial charge in [-0.05, 0) is 39.7 Å². The highest BCUT2D eigenvalue weighted by atomic mass is 14.8. The maximum atomic E-state index is 6.00. The smallest absolute Gasteiger partial charge is 0.0859 e. The van der Waals surface area contributed by atoms with Gasteiger partial charge in [0.2, 0.25) is 0 Å². The van der Waals surface area contributed by atoms with Gasteiger partial charge < -0.3 is 5.73 Å². The van der Waals surface area contributed by atoms with Crippen molar-refractivity contribution in [1.82, 2.24) is 0 Å². The number of aliphatic imine (C=N–C) groups is 1. The van der Waals surface area contributed by atoms with E-state index in [2.05, 4.69) is 59.6 Å². The van der Waals surface area contributed by atoms with Gasteiger partial charge in [0.25, 0.3) is 0 Å². The Hall–Kier alpha value is -3.13. The lowest BCUT2D eigenvalue weighted by Gasteiger charge is -2.08. The molecule has 0 heterocycles. The fourth-order valence-corrected chi connectivity index (χ4v) is 2.93. The summed E-state index contributed by atoms with van der Waals surface area (Å²) in [5.41, 5.74) is 8.61. The van der Waals surface area contributed by atoms with Gasteiger partial charge in [-0.3, -0.25) is 4.99 Å².